The molecule has 80 valence electrons. The van der Waals surface area contributed by atoms with Gasteiger partial charge in [0.2, 0.25) is 0 Å². The van der Waals surface area contributed by atoms with Gasteiger partial charge in [0.25, 0.3) is 0 Å². The molecule has 0 amide bonds. The second-order valence-corrected chi connectivity index (χ2v) is 4.17. The Labute approximate surface area is 83.6 Å². The van der Waals surface area contributed by atoms with Crippen LogP contribution in [0.15, 0.2) is 0 Å². The van der Waals surface area contributed by atoms with Crippen molar-refractivity contribution in [1.29, 1.82) is 0 Å². The minimum absolute atomic E-state index is 0.193. The standard InChI is InChI=1S/C10H17NO3/c12-10(13)9-2-1-8(14-9)7-3-5-11-6-4-7/h7-9,11H,1-6H2,(H,12,13)/t8-,9+/m0/s1. The Hall–Kier alpha value is -0.610. The van der Waals surface area contributed by atoms with E-state index in [0.717, 1.165) is 32.4 Å². The minimum Gasteiger partial charge on any atom is -0.479 e. The summed E-state index contributed by atoms with van der Waals surface area (Å²) in [7, 11) is 0. The first-order chi connectivity index (χ1) is 6.77. The van der Waals surface area contributed by atoms with Crippen molar-refractivity contribution >= 4 is 5.97 Å². The number of carbonyl (C=O) groups is 1. The maximum Gasteiger partial charge on any atom is 0.332 e. The molecular formula is C10H17NO3. The molecular weight excluding hydrogens is 182 g/mol. The second kappa shape index (κ2) is 4.28. The predicted octanol–water partition coefficient (Wildman–Crippen LogP) is 0.618. The van der Waals surface area contributed by atoms with Gasteiger partial charge in [-0.15, -0.1) is 0 Å². The SMILES string of the molecule is O=C(O)[C@H]1CC[C@@H](C2CCNCC2)O1. The number of aliphatic carboxylic acids is 1. The molecule has 0 unspecified atom stereocenters. The molecule has 2 fully saturated rings. The van der Waals surface area contributed by atoms with Gasteiger partial charge < -0.3 is 15.2 Å². The fourth-order valence-corrected chi connectivity index (χ4v) is 2.41. The highest BCUT2D eigenvalue weighted by Gasteiger charge is 2.35. The van der Waals surface area contributed by atoms with Gasteiger partial charge in [0.1, 0.15) is 0 Å². The van der Waals surface area contributed by atoms with Crippen LogP contribution in [-0.2, 0) is 9.53 Å². The van der Waals surface area contributed by atoms with Gasteiger partial charge >= 0.3 is 5.97 Å². The Bertz CT molecular complexity index is 213. The molecule has 0 spiro atoms. The number of ether oxygens (including phenoxy) is 1. The number of nitrogens with one attached hydrogen (secondary N) is 1. The summed E-state index contributed by atoms with van der Waals surface area (Å²) in [5, 5.41) is 12.1. The van der Waals surface area contributed by atoms with Crippen LogP contribution in [-0.4, -0.2) is 36.4 Å². The van der Waals surface area contributed by atoms with Crippen molar-refractivity contribution in [2.24, 2.45) is 5.92 Å². The Balaban J connectivity index is 1.85. The average Bonchev–Trinajstić information content (AvgIpc) is 2.68. The van der Waals surface area contributed by atoms with Crippen LogP contribution in [0.3, 0.4) is 0 Å². The molecule has 0 aromatic rings. The molecule has 0 aromatic heterocycles. The van der Waals surface area contributed by atoms with Crippen molar-refractivity contribution in [3.8, 4) is 0 Å². The molecule has 0 radical (unpaired) electrons. The maximum atomic E-state index is 10.7. The van der Waals surface area contributed by atoms with Crippen molar-refractivity contribution in [2.75, 3.05) is 13.1 Å². The van der Waals surface area contributed by atoms with Crippen molar-refractivity contribution in [1.82, 2.24) is 5.32 Å². The number of hydrogen-bond acceptors (Lipinski definition) is 3. The van der Waals surface area contributed by atoms with Gasteiger partial charge in [0.05, 0.1) is 6.10 Å². The summed E-state index contributed by atoms with van der Waals surface area (Å²) in [5.74, 6) is -0.234. The summed E-state index contributed by atoms with van der Waals surface area (Å²) < 4.78 is 5.54. The van der Waals surface area contributed by atoms with Gasteiger partial charge in [-0.25, -0.2) is 4.79 Å². The smallest absolute Gasteiger partial charge is 0.332 e. The third-order valence-electron chi connectivity index (χ3n) is 3.24. The van der Waals surface area contributed by atoms with E-state index in [1.807, 2.05) is 0 Å². The molecule has 0 aromatic carbocycles. The minimum atomic E-state index is -0.804. The fraction of sp³-hybridized carbons (Fsp3) is 0.900. The summed E-state index contributed by atoms with van der Waals surface area (Å²) in [5.41, 5.74) is 0. The van der Waals surface area contributed by atoms with E-state index in [4.69, 9.17) is 9.84 Å². The van der Waals surface area contributed by atoms with Gasteiger partial charge in [0, 0.05) is 0 Å². The molecule has 2 aliphatic heterocycles. The molecule has 4 nitrogen and oxygen atoms in total. The van der Waals surface area contributed by atoms with Crippen LogP contribution in [0, 0.1) is 5.92 Å². The quantitative estimate of drug-likeness (QED) is 0.684. The third-order valence-corrected chi connectivity index (χ3v) is 3.24. The van der Waals surface area contributed by atoms with E-state index >= 15 is 0 Å². The van der Waals surface area contributed by atoms with Crippen LogP contribution in [0.4, 0.5) is 0 Å². The lowest BCUT2D eigenvalue weighted by molar-refractivity contribution is -0.150. The van der Waals surface area contributed by atoms with Crippen molar-refractivity contribution in [3.05, 3.63) is 0 Å². The highest BCUT2D eigenvalue weighted by Crippen LogP contribution is 2.30. The van der Waals surface area contributed by atoms with E-state index in [2.05, 4.69) is 5.32 Å². The van der Waals surface area contributed by atoms with E-state index in [1.165, 1.54) is 0 Å². The van der Waals surface area contributed by atoms with Crippen LogP contribution in [0.5, 0.6) is 0 Å². The van der Waals surface area contributed by atoms with Crippen molar-refractivity contribution < 1.29 is 14.6 Å². The van der Waals surface area contributed by atoms with E-state index in [-0.39, 0.29) is 6.10 Å². The number of carboxylic acids is 1. The summed E-state index contributed by atoms with van der Waals surface area (Å²) in [4.78, 5) is 10.7. The first kappa shape index (κ1) is 9.93. The van der Waals surface area contributed by atoms with E-state index in [1.54, 1.807) is 0 Å². The zero-order valence-electron chi connectivity index (χ0n) is 8.24. The highest BCUT2D eigenvalue weighted by atomic mass is 16.5. The number of piperidine rings is 1. The first-order valence-corrected chi connectivity index (χ1v) is 5.36. The number of rotatable bonds is 2. The summed E-state index contributed by atoms with van der Waals surface area (Å²) in [6, 6.07) is 0. The molecule has 2 aliphatic rings. The van der Waals surface area contributed by atoms with Crippen LogP contribution in [0.25, 0.3) is 0 Å². The molecule has 0 bridgehead atoms. The molecule has 2 rings (SSSR count). The molecule has 2 atom stereocenters. The second-order valence-electron chi connectivity index (χ2n) is 4.17. The number of hydrogen-bond donors (Lipinski definition) is 2. The first-order valence-electron chi connectivity index (χ1n) is 5.36. The van der Waals surface area contributed by atoms with Crippen LogP contribution in [0.2, 0.25) is 0 Å². The van der Waals surface area contributed by atoms with Gasteiger partial charge in [-0.3, -0.25) is 0 Å². The van der Waals surface area contributed by atoms with Gasteiger partial charge in [0.15, 0.2) is 6.10 Å². The van der Waals surface area contributed by atoms with Crippen LogP contribution in [0.1, 0.15) is 25.7 Å². The monoisotopic (exact) mass is 199 g/mol. The number of carboxylic acid groups (broad SMARTS) is 1. The lowest BCUT2D eigenvalue weighted by Crippen LogP contribution is -2.34. The zero-order valence-corrected chi connectivity index (χ0v) is 8.24. The molecule has 0 saturated carbocycles. The average molecular weight is 199 g/mol. The van der Waals surface area contributed by atoms with E-state index < -0.39 is 12.1 Å². The largest absolute Gasteiger partial charge is 0.479 e. The summed E-state index contributed by atoms with van der Waals surface area (Å²) >= 11 is 0. The Morgan fingerprint density at radius 2 is 1.93 bits per heavy atom. The Kier molecular flexibility index (Phi) is 3.03. The molecule has 2 saturated heterocycles. The predicted molar refractivity (Wildman–Crippen MR) is 51.1 cm³/mol. The summed E-state index contributed by atoms with van der Waals surface area (Å²) in [6.07, 6.45) is 3.49. The lowest BCUT2D eigenvalue weighted by atomic mass is 9.91. The van der Waals surface area contributed by atoms with E-state index in [9.17, 15) is 4.79 Å². The topological polar surface area (TPSA) is 58.6 Å². The highest BCUT2D eigenvalue weighted by molar-refractivity contribution is 5.72. The van der Waals surface area contributed by atoms with Crippen LogP contribution >= 0.6 is 0 Å². The normalized spacial score (nSPS) is 34.6. The molecule has 14 heavy (non-hydrogen) atoms. The Morgan fingerprint density at radius 3 is 2.50 bits per heavy atom. The molecule has 4 heteroatoms. The fourth-order valence-electron chi connectivity index (χ4n) is 2.41. The zero-order chi connectivity index (χ0) is 9.97. The van der Waals surface area contributed by atoms with Crippen molar-refractivity contribution in [3.63, 3.8) is 0 Å². The van der Waals surface area contributed by atoms with E-state index in [0.29, 0.717) is 12.3 Å². The van der Waals surface area contributed by atoms with Crippen molar-refractivity contribution in [2.45, 2.75) is 37.9 Å². The molecule has 0 aliphatic carbocycles. The van der Waals surface area contributed by atoms with Gasteiger partial charge in [-0.2, -0.15) is 0 Å². The van der Waals surface area contributed by atoms with Gasteiger partial charge in [-0.1, -0.05) is 0 Å². The summed E-state index contributed by atoms with van der Waals surface area (Å²) in [6.45, 7) is 2.09. The van der Waals surface area contributed by atoms with Gasteiger partial charge in [-0.05, 0) is 44.7 Å². The maximum absolute atomic E-state index is 10.7. The lowest BCUT2D eigenvalue weighted by Gasteiger charge is -2.27. The Morgan fingerprint density at radius 1 is 1.21 bits per heavy atom. The third kappa shape index (κ3) is 2.07. The van der Waals surface area contributed by atoms with Crippen LogP contribution < -0.4 is 5.32 Å². The molecule has 2 N–H and O–H groups in total. The molecule has 2 heterocycles.